The summed E-state index contributed by atoms with van der Waals surface area (Å²) in [4.78, 5) is 0. The highest BCUT2D eigenvalue weighted by Gasteiger charge is 2.17. The highest BCUT2D eigenvalue weighted by atomic mass is 31.1. The molecule has 56 valence electrons. The molecule has 0 radical (unpaired) electrons. The van der Waals surface area contributed by atoms with Crippen molar-refractivity contribution in [3.8, 4) is 0 Å². The molecule has 0 bridgehead atoms. The Balaban J connectivity index is 3.62. The molecule has 0 amide bonds. The first-order valence-electron chi connectivity index (χ1n) is 3.53. The third kappa shape index (κ3) is 3.17. The van der Waals surface area contributed by atoms with Gasteiger partial charge in [-0.05, 0) is 31.2 Å². The van der Waals surface area contributed by atoms with Gasteiger partial charge in [0.05, 0.1) is 0 Å². The second kappa shape index (κ2) is 4.24. The van der Waals surface area contributed by atoms with E-state index in [9.17, 15) is 0 Å². The lowest BCUT2D eigenvalue weighted by Crippen LogP contribution is -2.28. The first kappa shape index (κ1) is 9.39. The lowest BCUT2D eigenvalue weighted by Gasteiger charge is -2.25. The molecule has 0 fully saturated rings. The van der Waals surface area contributed by atoms with Crippen LogP contribution in [0.15, 0.2) is 0 Å². The molecule has 0 aromatic rings. The van der Waals surface area contributed by atoms with Crippen LogP contribution in [0.2, 0.25) is 0 Å². The van der Waals surface area contributed by atoms with E-state index in [0.717, 1.165) is 15.1 Å². The van der Waals surface area contributed by atoms with Crippen molar-refractivity contribution < 1.29 is 0 Å². The SMILES string of the molecule is CCC(C)(CN)CPC. The summed E-state index contributed by atoms with van der Waals surface area (Å²) >= 11 is 0. The first-order chi connectivity index (χ1) is 4.18. The van der Waals surface area contributed by atoms with Crippen molar-refractivity contribution in [1.82, 2.24) is 0 Å². The van der Waals surface area contributed by atoms with Gasteiger partial charge in [-0.3, -0.25) is 0 Å². The number of hydrogen-bond acceptors (Lipinski definition) is 1. The summed E-state index contributed by atoms with van der Waals surface area (Å²) in [6.07, 6.45) is 2.50. The Morgan fingerprint density at radius 1 is 1.56 bits per heavy atom. The van der Waals surface area contributed by atoms with Crippen LogP contribution in [0.1, 0.15) is 20.3 Å². The average Bonchev–Trinajstić information content (AvgIpc) is 1.89. The van der Waals surface area contributed by atoms with E-state index in [-0.39, 0.29) is 0 Å². The van der Waals surface area contributed by atoms with Crippen LogP contribution in [0.4, 0.5) is 0 Å². The van der Waals surface area contributed by atoms with Gasteiger partial charge < -0.3 is 5.73 Å². The zero-order valence-corrected chi connectivity index (χ0v) is 7.70. The maximum atomic E-state index is 5.61. The molecule has 0 spiro atoms. The molecule has 0 aliphatic rings. The average molecular weight is 147 g/mol. The van der Waals surface area contributed by atoms with Gasteiger partial charge in [0.15, 0.2) is 0 Å². The molecule has 0 saturated heterocycles. The third-order valence-electron chi connectivity index (χ3n) is 1.95. The molecule has 2 atom stereocenters. The van der Waals surface area contributed by atoms with E-state index in [1.165, 1.54) is 12.6 Å². The van der Waals surface area contributed by atoms with Crippen molar-refractivity contribution >= 4 is 8.58 Å². The van der Waals surface area contributed by atoms with Crippen molar-refractivity contribution in [2.45, 2.75) is 20.3 Å². The van der Waals surface area contributed by atoms with Crippen LogP contribution < -0.4 is 5.73 Å². The summed E-state index contributed by atoms with van der Waals surface area (Å²) in [6.45, 7) is 7.56. The molecule has 0 aromatic heterocycles. The van der Waals surface area contributed by atoms with Gasteiger partial charge in [-0.15, -0.1) is 8.58 Å². The Kier molecular flexibility index (Phi) is 4.43. The smallest absolute Gasteiger partial charge is 0.00200 e. The Morgan fingerprint density at radius 2 is 2.11 bits per heavy atom. The van der Waals surface area contributed by atoms with Crippen LogP contribution in [0.5, 0.6) is 0 Å². The molecular weight excluding hydrogens is 129 g/mol. The van der Waals surface area contributed by atoms with Gasteiger partial charge in [0.2, 0.25) is 0 Å². The van der Waals surface area contributed by atoms with Crippen molar-refractivity contribution in [2.75, 3.05) is 19.4 Å². The molecule has 2 heteroatoms. The lowest BCUT2D eigenvalue weighted by molar-refractivity contribution is 0.373. The summed E-state index contributed by atoms with van der Waals surface area (Å²) < 4.78 is 0. The predicted molar refractivity (Wildman–Crippen MR) is 46.6 cm³/mol. The summed E-state index contributed by atoms with van der Waals surface area (Å²) in [5.41, 5.74) is 6.03. The van der Waals surface area contributed by atoms with Crippen molar-refractivity contribution in [1.29, 1.82) is 0 Å². The van der Waals surface area contributed by atoms with Gasteiger partial charge in [0.25, 0.3) is 0 Å². The second-order valence-electron chi connectivity index (χ2n) is 2.90. The van der Waals surface area contributed by atoms with Crippen LogP contribution in [-0.2, 0) is 0 Å². The Morgan fingerprint density at radius 3 is 2.22 bits per heavy atom. The summed E-state index contributed by atoms with van der Waals surface area (Å²) in [5, 5.41) is 0. The molecule has 9 heavy (non-hydrogen) atoms. The summed E-state index contributed by atoms with van der Waals surface area (Å²) in [6, 6.07) is 0. The van der Waals surface area contributed by atoms with Crippen LogP contribution in [-0.4, -0.2) is 19.4 Å². The minimum atomic E-state index is 0.424. The minimum Gasteiger partial charge on any atom is -0.330 e. The van der Waals surface area contributed by atoms with Gasteiger partial charge in [0, 0.05) is 0 Å². The van der Waals surface area contributed by atoms with Crippen LogP contribution in [0, 0.1) is 5.41 Å². The Hall–Kier alpha value is 0.390. The maximum Gasteiger partial charge on any atom is -0.00200 e. The summed E-state index contributed by atoms with van der Waals surface area (Å²) in [5.74, 6) is 0. The van der Waals surface area contributed by atoms with E-state index in [1.54, 1.807) is 0 Å². The van der Waals surface area contributed by atoms with E-state index >= 15 is 0 Å². The van der Waals surface area contributed by atoms with Crippen LogP contribution in [0.25, 0.3) is 0 Å². The molecule has 0 rings (SSSR count). The molecular formula is C7H18NP. The number of hydrogen-bond donors (Lipinski definition) is 1. The third-order valence-corrected chi connectivity index (χ3v) is 3.16. The Bertz CT molecular complexity index is 69.3. The minimum absolute atomic E-state index is 0.424. The zero-order valence-electron chi connectivity index (χ0n) is 6.70. The summed E-state index contributed by atoms with van der Waals surface area (Å²) in [7, 11) is 1.04. The fourth-order valence-corrected chi connectivity index (χ4v) is 2.02. The predicted octanol–water partition coefficient (Wildman–Crippen LogP) is 1.67. The fourth-order valence-electron chi connectivity index (χ4n) is 0.768. The quantitative estimate of drug-likeness (QED) is 0.601. The van der Waals surface area contributed by atoms with E-state index in [4.69, 9.17) is 5.73 Å². The van der Waals surface area contributed by atoms with Gasteiger partial charge in [0.1, 0.15) is 0 Å². The van der Waals surface area contributed by atoms with Crippen molar-refractivity contribution in [3.63, 3.8) is 0 Å². The van der Waals surface area contributed by atoms with E-state index in [0.29, 0.717) is 5.41 Å². The molecule has 1 nitrogen and oxygen atoms in total. The second-order valence-corrected chi connectivity index (χ2v) is 3.96. The highest BCUT2D eigenvalue weighted by molar-refractivity contribution is 7.37. The van der Waals surface area contributed by atoms with Crippen molar-refractivity contribution in [3.05, 3.63) is 0 Å². The zero-order chi connectivity index (χ0) is 7.33. The first-order valence-corrected chi connectivity index (χ1v) is 5.24. The molecule has 0 aromatic carbocycles. The van der Waals surface area contributed by atoms with Gasteiger partial charge in [-0.2, -0.15) is 0 Å². The van der Waals surface area contributed by atoms with E-state index < -0.39 is 0 Å². The van der Waals surface area contributed by atoms with E-state index in [2.05, 4.69) is 20.5 Å². The number of nitrogens with two attached hydrogens (primary N) is 1. The Labute approximate surface area is 60.2 Å². The van der Waals surface area contributed by atoms with Gasteiger partial charge in [-0.1, -0.05) is 13.8 Å². The van der Waals surface area contributed by atoms with Crippen molar-refractivity contribution in [2.24, 2.45) is 11.1 Å². The van der Waals surface area contributed by atoms with Gasteiger partial charge in [-0.25, -0.2) is 0 Å². The molecule has 2 N–H and O–H groups in total. The standard InChI is InChI=1S/C7H18NP/c1-4-7(2,5-8)6-9-3/h9H,4-6,8H2,1-3H3. The highest BCUT2D eigenvalue weighted by Crippen LogP contribution is 2.25. The largest absolute Gasteiger partial charge is 0.330 e. The maximum absolute atomic E-state index is 5.61. The van der Waals surface area contributed by atoms with Crippen LogP contribution in [0.3, 0.4) is 0 Å². The molecule has 0 aliphatic heterocycles. The van der Waals surface area contributed by atoms with E-state index in [1.807, 2.05) is 0 Å². The lowest BCUT2D eigenvalue weighted by atomic mass is 9.90. The van der Waals surface area contributed by atoms with Gasteiger partial charge >= 0.3 is 0 Å². The molecule has 2 unspecified atom stereocenters. The number of rotatable bonds is 4. The topological polar surface area (TPSA) is 26.0 Å². The monoisotopic (exact) mass is 147 g/mol. The van der Waals surface area contributed by atoms with Crippen LogP contribution >= 0.6 is 8.58 Å². The fraction of sp³-hybridized carbons (Fsp3) is 1.00. The molecule has 0 aliphatic carbocycles. The molecule has 0 heterocycles. The molecule has 0 saturated carbocycles. The normalized spacial score (nSPS) is 18.7.